The summed E-state index contributed by atoms with van der Waals surface area (Å²) in [5.74, 6) is 0.671. The molecule has 21 heavy (non-hydrogen) atoms. The van der Waals surface area contributed by atoms with Gasteiger partial charge in [0.25, 0.3) is 0 Å². The maximum atomic E-state index is 11.9. The van der Waals surface area contributed by atoms with Crippen molar-refractivity contribution in [3.63, 3.8) is 0 Å². The molecule has 4 nitrogen and oxygen atoms in total. The maximum Gasteiger partial charge on any atom is 0.227 e. The van der Waals surface area contributed by atoms with Gasteiger partial charge in [-0.2, -0.15) is 0 Å². The van der Waals surface area contributed by atoms with Gasteiger partial charge in [0.15, 0.2) is 0 Å². The highest BCUT2D eigenvalue weighted by atomic mass is 79.9. The minimum absolute atomic E-state index is 0.104. The Morgan fingerprint density at radius 1 is 1.29 bits per heavy atom. The molecule has 0 atom stereocenters. The van der Waals surface area contributed by atoms with E-state index in [2.05, 4.69) is 21.2 Å². The molecule has 0 saturated heterocycles. The molecule has 0 aliphatic carbocycles. The highest BCUT2D eigenvalue weighted by Crippen LogP contribution is 2.24. The number of halogens is 1. The van der Waals surface area contributed by atoms with E-state index in [1.165, 1.54) is 0 Å². The van der Waals surface area contributed by atoms with Gasteiger partial charge >= 0.3 is 0 Å². The fraction of sp³-hybridized carbons (Fsp3) is 0.188. The van der Waals surface area contributed by atoms with E-state index in [1.807, 2.05) is 31.2 Å². The van der Waals surface area contributed by atoms with Crippen molar-refractivity contribution >= 4 is 33.2 Å². The second-order valence-electron chi connectivity index (χ2n) is 4.70. The van der Waals surface area contributed by atoms with Crippen LogP contribution in [0.1, 0.15) is 12.0 Å². The van der Waals surface area contributed by atoms with Crippen LogP contribution >= 0.6 is 15.9 Å². The first kappa shape index (κ1) is 15.4. The number of carbonyl (C=O) groups is 1. The summed E-state index contributed by atoms with van der Waals surface area (Å²) in [6, 6.07) is 13.0. The van der Waals surface area contributed by atoms with Crippen molar-refractivity contribution in [1.29, 1.82) is 0 Å². The van der Waals surface area contributed by atoms with E-state index in [0.717, 1.165) is 15.8 Å². The van der Waals surface area contributed by atoms with Gasteiger partial charge in [-0.15, -0.1) is 0 Å². The number of nitrogen functional groups attached to an aromatic ring is 1. The standard InChI is InChI=1S/C16H17BrN2O2/c1-11-3-2-4-13(9-11)21-8-7-16(20)19-15-6-5-12(18)10-14(15)17/h2-6,9-10H,7-8,18H2,1H3,(H,19,20). The molecule has 0 spiro atoms. The number of carbonyl (C=O) groups excluding carboxylic acids is 1. The number of benzene rings is 2. The van der Waals surface area contributed by atoms with Gasteiger partial charge in [0.2, 0.25) is 5.91 Å². The number of nitrogens with one attached hydrogen (secondary N) is 1. The van der Waals surface area contributed by atoms with Crippen LogP contribution in [0.5, 0.6) is 5.75 Å². The quantitative estimate of drug-likeness (QED) is 0.808. The Bertz CT molecular complexity index is 644. The van der Waals surface area contributed by atoms with E-state index in [-0.39, 0.29) is 12.3 Å². The Hall–Kier alpha value is -2.01. The first-order chi connectivity index (χ1) is 10.0. The van der Waals surface area contributed by atoms with Crippen molar-refractivity contribution in [2.75, 3.05) is 17.7 Å². The molecule has 0 fully saturated rings. The van der Waals surface area contributed by atoms with Crippen molar-refractivity contribution in [3.8, 4) is 5.75 Å². The molecular weight excluding hydrogens is 332 g/mol. The van der Waals surface area contributed by atoms with E-state index >= 15 is 0 Å². The molecule has 2 rings (SSSR count). The molecule has 0 unspecified atom stereocenters. The predicted octanol–water partition coefficient (Wildman–Crippen LogP) is 3.75. The van der Waals surface area contributed by atoms with Crippen molar-refractivity contribution in [3.05, 3.63) is 52.5 Å². The first-order valence-electron chi connectivity index (χ1n) is 6.59. The van der Waals surface area contributed by atoms with Gasteiger partial charge in [0, 0.05) is 10.2 Å². The smallest absolute Gasteiger partial charge is 0.227 e. The van der Waals surface area contributed by atoms with Crippen molar-refractivity contribution < 1.29 is 9.53 Å². The molecule has 2 aromatic carbocycles. The van der Waals surface area contributed by atoms with Gasteiger partial charge in [0.1, 0.15) is 5.75 Å². The number of amides is 1. The number of aryl methyl sites for hydroxylation is 1. The lowest BCUT2D eigenvalue weighted by Crippen LogP contribution is -2.15. The van der Waals surface area contributed by atoms with Crippen molar-refractivity contribution in [2.45, 2.75) is 13.3 Å². The van der Waals surface area contributed by atoms with Crippen LogP contribution in [0.4, 0.5) is 11.4 Å². The molecule has 3 N–H and O–H groups in total. The lowest BCUT2D eigenvalue weighted by atomic mass is 10.2. The number of anilines is 2. The van der Waals surface area contributed by atoms with Crippen LogP contribution in [0.2, 0.25) is 0 Å². The third kappa shape index (κ3) is 4.79. The predicted molar refractivity (Wildman–Crippen MR) is 88.5 cm³/mol. The fourth-order valence-electron chi connectivity index (χ4n) is 1.81. The molecule has 2 aromatic rings. The molecule has 110 valence electrons. The summed E-state index contributed by atoms with van der Waals surface area (Å²) in [5.41, 5.74) is 8.12. The average molecular weight is 349 g/mol. The minimum Gasteiger partial charge on any atom is -0.493 e. The third-order valence-corrected chi connectivity index (χ3v) is 3.51. The highest BCUT2D eigenvalue weighted by Gasteiger charge is 2.06. The summed E-state index contributed by atoms with van der Waals surface area (Å²) in [6.45, 7) is 2.33. The normalized spacial score (nSPS) is 10.2. The molecule has 5 heteroatoms. The van der Waals surface area contributed by atoms with E-state index < -0.39 is 0 Å². The number of ether oxygens (including phenoxy) is 1. The molecule has 0 aliphatic rings. The Balaban J connectivity index is 1.82. The van der Waals surface area contributed by atoms with Crippen LogP contribution in [-0.2, 0) is 4.79 Å². The number of hydrogen-bond acceptors (Lipinski definition) is 3. The number of nitrogens with two attached hydrogens (primary N) is 1. The van der Waals surface area contributed by atoms with Crippen LogP contribution in [0, 0.1) is 6.92 Å². The Morgan fingerprint density at radius 2 is 2.10 bits per heavy atom. The van der Waals surface area contributed by atoms with Crippen LogP contribution < -0.4 is 15.8 Å². The molecule has 0 bridgehead atoms. The van der Waals surface area contributed by atoms with Gasteiger partial charge in [-0.25, -0.2) is 0 Å². The van der Waals surface area contributed by atoms with Gasteiger partial charge in [-0.05, 0) is 58.7 Å². The number of rotatable bonds is 5. The lowest BCUT2D eigenvalue weighted by molar-refractivity contribution is -0.116. The van der Waals surface area contributed by atoms with E-state index in [0.29, 0.717) is 18.0 Å². The van der Waals surface area contributed by atoms with Gasteiger partial charge in [0.05, 0.1) is 18.7 Å². The molecule has 0 saturated carbocycles. The van der Waals surface area contributed by atoms with Crippen molar-refractivity contribution in [1.82, 2.24) is 0 Å². The molecule has 0 radical (unpaired) electrons. The second-order valence-corrected chi connectivity index (χ2v) is 5.56. The summed E-state index contributed by atoms with van der Waals surface area (Å²) >= 11 is 3.36. The van der Waals surface area contributed by atoms with Crippen LogP contribution in [0.25, 0.3) is 0 Å². The van der Waals surface area contributed by atoms with Crippen LogP contribution in [0.15, 0.2) is 46.9 Å². The lowest BCUT2D eigenvalue weighted by Gasteiger charge is -2.09. The van der Waals surface area contributed by atoms with E-state index in [9.17, 15) is 4.79 Å². The second kappa shape index (κ2) is 7.13. The first-order valence-corrected chi connectivity index (χ1v) is 7.38. The van der Waals surface area contributed by atoms with Crippen LogP contribution in [-0.4, -0.2) is 12.5 Å². The van der Waals surface area contributed by atoms with Gasteiger partial charge in [-0.3, -0.25) is 4.79 Å². The maximum absolute atomic E-state index is 11.9. The molecule has 0 heterocycles. The van der Waals surface area contributed by atoms with Gasteiger partial charge in [-0.1, -0.05) is 12.1 Å². The average Bonchev–Trinajstić information content (AvgIpc) is 2.42. The minimum atomic E-state index is -0.104. The molecule has 0 aromatic heterocycles. The zero-order valence-corrected chi connectivity index (χ0v) is 13.3. The molecule has 1 amide bonds. The Labute approximate surface area is 132 Å². The Morgan fingerprint density at radius 3 is 2.81 bits per heavy atom. The van der Waals surface area contributed by atoms with E-state index in [4.69, 9.17) is 10.5 Å². The molecular formula is C16H17BrN2O2. The van der Waals surface area contributed by atoms with E-state index in [1.54, 1.807) is 18.2 Å². The summed E-state index contributed by atoms with van der Waals surface area (Å²) in [4.78, 5) is 11.9. The zero-order chi connectivity index (χ0) is 15.2. The summed E-state index contributed by atoms with van der Waals surface area (Å²) in [6.07, 6.45) is 0.282. The summed E-state index contributed by atoms with van der Waals surface area (Å²) in [7, 11) is 0. The van der Waals surface area contributed by atoms with Crippen LogP contribution in [0.3, 0.4) is 0 Å². The largest absolute Gasteiger partial charge is 0.493 e. The van der Waals surface area contributed by atoms with Gasteiger partial charge < -0.3 is 15.8 Å². The number of hydrogen-bond donors (Lipinski definition) is 2. The monoisotopic (exact) mass is 348 g/mol. The summed E-state index contributed by atoms with van der Waals surface area (Å²) in [5, 5.41) is 2.81. The van der Waals surface area contributed by atoms with Crippen molar-refractivity contribution in [2.24, 2.45) is 0 Å². The fourth-order valence-corrected chi connectivity index (χ4v) is 2.31. The molecule has 0 aliphatic heterocycles. The highest BCUT2D eigenvalue weighted by molar-refractivity contribution is 9.10. The SMILES string of the molecule is Cc1cccc(OCCC(=O)Nc2ccc(N)cc2Br)c1. The Kier molecular flexibility index (Phi) is 5.22. The third-order valence-electron chi connectivity index (χ3n) is 2.85. The summed E-state index contributed by atoms with van der Waals surface area (Å²) < 4.78 is 6.31. The zero-order valence-electron chi connectivity index (χ0n) is 11.7. The topological polar surface area (TPSA) is 64.3 Å².